The van der Waals surface area contributed by atoms with Crippen molar-refractivity contribution >= 4 is 11.5 Å². The molecule has 1 saturated carbocycles. The van der Waals surface area contributed by atoms with Gasteiger partial charge in [-0.25, -0.2) is 0 Å². The van der Waals surface area contributed by atoms with Gasteiger partial charge < -0.3 is 5.32 Å². The Morgan fingerprint density at radius 3 is 1.96 bits per heavy atom. The van der Waals surface area contributed by atoms with Crippen molar-refractivity contribution in [2.24, 2.45) is 0 Å². The molecule has 0 bridgehead atoms. The fraction of sp³-hybridized carbons (Fsp3) is 0.400. The maximum absolute atomic E-state index is 12.8. The lowest BCUT2D eigenvalue weighted by atomic mass is 9.83. The summed E-state index contributed by atoms with van der Waals surface area (Å²) in [6.07, 6.45) is -6.70. The zero-order valence-corrected chi connectivity index (χ0v) is 12.2. The van der Waals surface area contributed by atoms with Gasteiger partial charge in [0, 0.05) is 17.7 Å². The molecule has 0 saturated heterocycles. The summed E-state index contributed by atoms with van der Waals surface area (Å²) in [6.45, 7) is 0. The lowest BCUT2D eigenvalue weighted by Crippen LogP contribution is -2.11. The second-order valence-corrected chi connectivity index (χ2v) is 5.75. The van der Waals surface area contributed by atoms with Gasteiger partial charge in [-0.1, -0.05) is 6.42 Å². The van der Waals surface area contributed by atoms with Crippen LogP contribution in [0.25, 0.3) is 0 Å². The van der Waals surface area contributed by atoms with E-state index in [0.29, 0.717) is 18.1 Å². The first kappa shape index (κ1) is 16.7. The van der Waals surface area contributed by atoms with Gasteiger partial charge in [0.15, 0.2) is 0 Å². The van der Waals surface area contributed by atoms with Crippen LogP contribution >= 0.6 is 0 Å². The average Bonchev–Trinajstić information content (AvgIpc) is 2.82. The van der Waals surface area contributed by atoms with Gasteiger partial charge >= 0.3 is 12.4 Å². The topological polar surface area (TPSA) is 40.7 Å². The van der Waals surface area contributed by atoms with E-state index in [0.717, 1.165) is 25.0 Å². The van der Waals surface area contributed by atoms with Crippen LogP contribution in [0.15, 0.2) is 24.3 Å². The third kappa shape index (κ3) is 3.49. The van der Waals surface area contributed by atoms with Gasteiger partial charge in [-0.05, 0) is 31.0 Å². The molecule has 1 aromatic heterocycles. The van der Waals surface area contributed by atoms with E-state index < -0.39 is 23.5 Å². The first-order chi connectivity index (χ1) is 11.1. The molecule has 1 fully saturated rings. The van der Waals surface area contributed by atoms with Gasteiger partial charge in [0.1, 0.15) is 5.82 Å². The van der Waals surface area contributed by atoms with E-state index in [1.54, 1.807) is 6.07 Å². The fourth-order valence-corrected chi connectivity index (χ4v) is 2.50. The first-order valence-electron chi connectivity index (χ1n) is 7.25. The highest BCUT2D eigenvalue weighted by Gasteiger charge is 2.37. The number of benzene rings is 1. The van der Waals surface area contributed by atoms with Crippen LogP contribution in [0, 0.1) is 0 Å². The molecule has 1 aromatic carbocycles. The number of rotatable bonds is 3. The van der Waals surface area contributed by atoms with Gasteiger partial charge in [-0.2, -0.15) is 31.4 Å². The van der Waals surface area contributed by atoms with Gasteiger partial charge in [0.05, 0.1) is 16.8 Å². The van der Waals surface area contributed by atoms with Crippen molar-refractivity contribution in [3.05, 3.63) is 41.1 Å². The van der Waals surface area contributed by atoms with E-state index in [1.165, 1.54) is 0 Å². The Bertz CT molecular complexity index is 695. The fourth-order valence-electron chi connectivity index (χ4n) is 2.50. The second-order valence-electron chi connectivity index (χ2n) is 5.75. The molecular weight excluding hydrogens is 336 g/mol. The molecule has 1 heterocycles. The number of aromatic nitrogens is 2. The molecule has 1 aliphatic rings. The Morgan fingerprint density at radius 2 is 1.50 bits per heavy atom. The Labute approximate surface area is 133 Å². The quantitative estimate of drug-likeness (QED) is 0.723. The molecular formula is C15H13F6N3. The smallest absolute Gasteiger partial charge is 0.341 e. The van der Waals surface area contributed by atoms with Crippen molar-refractivity contribution in [3.8, 4) is 0 Å². The minimum absolute atomic E-state index is 0.0952. The van der Waals surface area contributed by atoms with Crippen LogP contribution in [0.5, 0.6) is 0 Å². The molecule has 0 unspecified atom stereocenters. The molecule has 2 N–H and O–H groups in total. The highest BCUT2D eigenvalue weighted by atomic mass is 19.4. The number of alkyl halides is 6. The minimum atomic E-state index is -4.87. The summed E-state index contributed by atoms with van der Waals surface area (Å²) in [7, 11) is 0. The molecule has 24 heavy (non-hydrogen) atoms. The van der Waals surface area contributed by atoms with E-state index in [9.17, 15) is 26.3 Å². The van der Waals surface area contributed by atoms with Gasteiger partial charge in [-0.15, -0.1) is 0 Å². The number of H-pyrrole nitrogens is 1. The summed E-state index contributed by atoms with van der Waals surface area (Å²) in [5.41, 5.74) is -2.27. The molecule has 2 aromatic rings. The van der Waals surface area contributed by atoms with E-state index in [-0.39, 0.29) is 17.6 Å². The van der Waals surface area contributed by atoms with Gasteiger partial charge in [0.25, 0.3) is 0 Å². The van der Waals surface area contributed by atoms with Crippen LogP contribution in [0.2, 0.25) is 0 Å². The molecule has 9 heteroatoms. The minimum Gasteiger partial charge on any atom is -0.341 e. The second kappa shape index (κ2) is 5.71. The lowest BCUT2D eigenvalue weighted by Gasteiger charge is -2.22. The molecule has 0 aliphatic heterocycles. The largest absolute Gasteiger partial charge is 0.416 e. The van der Waals surface area contributed by atoms with E-state index >= 15 is 0 Å². The maximum Gasteiger partial charge on any atom is 0.416 e. The SMILES string of the molecule is FC(F)(F)c1cc(Nc2cc(C3CCC3)n[nH]2)cc(C(F)(F)F)c1. The number of anilines is 2. The zero-order valence-electron chi connectivity index (χ0n) is 12.2. The molecule has 0 amide bonds. The zero-order chi connectivity index (χ0) is 17.5. The van der Waals surface area contributed by atoms with E-state index in [1.807, 2.05) is 0 Å². The lowest BCUT2D eigenvalue weighted by molar-refractivity contribution is -0.143. The van der Waals surface area contributed by atoms with Gasteiger partial charge in [0.2, 0.25) is 0 Å². The summed E-state index contributed by atoms with van der Waals surface area (Å²) in [6, 6.07) is 2.98. The number of hydrogen-bond donors (Lipinski definition) is 2. The normalized spacial score (nSPS) is 16.1. The summed E-state index contributed by atoms with van der Waals surface area (Å²) in [5, 5.41) is 9.18. The molecule has 0 radical (unpaired) electrons. The van der Waals surface area contributed by atoms with Crippen LogP contribution in [0.4, 0.5) is 37.8 Å². The number of aromatic amines is 1. The number of nitrogens with one attached hydrogen (secondary N) is 2. The summed E-state index contributed by atoms with van der Waals surface area (Å²) < 4.78 is 76.9. The average molecular weight is 349 g/mol. The predicted molar refractivity (Wildman–Crippen MR) is 74.9 cm³/mol. The van der Waals surface area contributed by atoms with Crippen LogP contribution in [-0.4, -0.2) is 10.2 Å². The monoisotopic (exact) mass is 349 g/mol. The Morgan fingerprint density at radius 1 is 0.917 bits per heavy atom. The predicted octanol–water partition coefficient (Wildman–Crippen LogP) is 5.46. The molecule has 1 aliphatic carbocycles. The van der Waals surface area contributed by atoms with Crippen LogP contribution in [-0.2, 0) is 12.4 Å². The molecule has 3 nitrogen and oxygen atoms in total. The molecule has 130 valence electrons. The number of hydrogen-bond acceptors (Lipinski definition) is 2. The van der Waals surface area contributed by atoms with Gasteiger partial charge in [-0.3, -0.25) is 5.10 Å². The molecule has 3 rings (SSSR count). The standard InChI is InChI=1S/C15H13F6N3/c16-14(17,18)9-4-10(15(19,20)21)6-11(5-9)22-13-7-12(23-24-13)8-2-1-3-8/h4-8H,1-3H2,(H2,22,23,24). The Kier molecular flexibility index (Phi) is 3.97. The highest BCUT2D eigenvalue weighted by molar-refractivity contribution is 5.59. The third-order valence-electron chi connectivity index (χ3n) is 3.99. The highest BCUT2D eigenvalue weighted by Crippen LogP contribution is 2.39. The number of halogens is 6. The molecule has 0 atom stereocenters. The Hall–Kier alpha value is -2.19. The van der Waals surface area contributed by atoms with Crippen molar-refractivity contribution in [1.29, 1.82) is 0 Å². The van der Waals surface area contributed by atoms with Crippen LogP contribution in [0.3, 0.4) is 0 Å². The van der Waals surface area contributed by atoms with Crippen LogP contribution in [0.1, 0.15) is 42.0 Å². The Balaban J connectivity index is 1.90. The van der Waals surface area contributed by atoms with Crippen molar-refractivity contribution in [3.63, 3.8) is 0 Å². The van der Waals surface area contributed by atoms with Crippen molar-refractivity contribution in [2.45, 2.75) is 37.5 Å². The van der Waals surface area contributed by atoms with E-state index in [4.69, 9.17) is 0 Å². The summed E-state index contributed by atoms with van der Waals surface area (Å²) >= 11 is 0. The maximum atomic E-state index is 12.8. The van der Waals surface area contributed by atoms with E-state index in [2.05, 4.69) is 15.5 Å². The van der Waals surface area contributed by atoms with Crippen LogP contribution < -0.4 is 5.32 Å². The van der Waals surface area contributed by atoms with Crippen molar-refractivity contribution in [2.75, 3.05) is 5.32 Å². The summed E-state index contributed by atoms with van der Waals surface area (Å²) in [5.74, 6) is 0.549. The number of nitrogens with zero attached hydrogens (tertiary/aromatic N) is 1. The molecule has 0 spiro atoms. The first-order valence-corrected chi connectivity index (χ1v) is 7.25. The van der Waals surface area contributed by atoms with Crippen molar-refractivity contribution < 1.29 is 26.3 Å². The third-order valence-corrected chi connectivity index (χ3v) is 3.99. The van der Waals surface area contributed by atoms with Crippen molar-refractivity contribution in [1.82, 2.24) is 10.2 Å². The summed E-state index contributed by atoms with van der Waals surface area (Å²) in [4.78, 5) is 0.